The number of unbranched alkanes of at least 4 members (excludes halogenated alkanes) is 3. The summed E-state index contributed by atoms with van der Waals surface area (Å²) in [5.74, 6) is -2.98. The number of hydrogen-bond donors (Lipinski definition) is 3. The number of hydrogen-bond acceptors (Lipinski definition) is 3. The highest BCUT2D eigenvalue weighted by Gasteiger charge is 2.22. The van der Waals surface area contributed by atoms with Crippen LogP contribution in [0.25, 0.3) is 0 Å². The van der Waals surface area contributed by atoms with E-state index < -0.39 is 30.3 Å². The van der Waals surface area contributed by atoms with Gasteiger partial charge in [-0.15, -0.1) is 0 Å². The zero-order chi connectivity index (χ0) is 13.3. The normalized spacial score (nSPS) is 11.8. The fraction of sp³-hybridized carbons (Fsp3) is 0.727. The SMILES string of the molecule is CCCCCCC(=O)NC(CC(=O)O)C(=O)O. The second kappa shape index (κ2) is 8.55. The number of aliphatic carboxylic acids is 2. The summed E-state index contributed by atoms with van der Waals surface area (Å²) < 4.78 is 0. The second-order valence-corrected chi connectivity index (χ2v) is 3.87. The molecule has 0 bridgehead atoms. The molecule has 0 aromatic heterocycles. The molecule has 0 aliphatic rings. The van der Waals surface area contributed by atoms with E-state index in [1.165, 1.54) is 0 Å². The molecule has 6 heteroatoms. The number of carboxylic acid groups (broad SMARTS) is 2. The first-order valence-corrected chi connectivity index (χ1v) is 5.71. The maximum absolute atomic E-state index is 11.3. The molecular weight excluding hydrogens is 226 g/mol. The Bertz CT molecular complexity index is 277. The average molecular weight is 245 g/mol. The molecule has 0 fully saturated rings. The standard InChI is InChI=1S/C11H19NO5/c1-2-3-4-5-6-9(13)12-8(11(16)17)7-10(14)15/h8H,2-7H2,1H3,(H,12,13)(H,14,15)(H,16,17). The molecule has 6 nitrogen and oxygen atoms in total. The smallest absolute Gasteiger partial charge is 0.326 e. The molecule has 1 amide bonds. The molecule has 0 saturated carbocycles. The molecule has 0 heterocycles. The largest absolute Gasteiger partial charge is 0.481 e. The van der Waals surface area contributed by atoms with Crippen molar-refractivity contribution in [3.05, 3.63) is 0 Å². The first-order chi connectivity index (χ1) is 7.97. The minimum atomic E-state index is -1.34. The van der Waals surface area contributed by atoms with Crippen LogP contribution >= 0.6 is 0 Å². The summed E-state index contributed by atoms with van der Waals surface area (Å²) >= 11 is 0. The Balaban J connectivity index is 3.96. The molecule has 0 rings (SSSR count). The van der Waals surface area contributed by atoms with Gasteiger partial charge in [0.2, 0.25) is 5.91 Å². The third kappa shape index (κ3) is 8.24. The minimum absolute atomic E-state index is 0.239. The molecule has 1 atom stereocenters. The number of nitrogens with one attached hydrogen (secondary N) is 1. The molecule has 0 aromatic rings. The monoisotopic (exact) mass is 245 g/mol. The summed E-state index contributed by atoms with van der Waals surface area (Å²) in [6, 6.07) is -1.34. The fourth-order valence-corrected chi connectivity index (χ4v) is 1.35. The number of carboxylic acids is 2. The Morgan fingerprint density at radius 1 is 1.12 bits per heavy atom. The average Bonchev–Trinajstić information content (AvgIpc) is 2.22. The van der Waals surface area contributed by atoms with Crippen molar-refractivity contribution in [1.82, 2.24) is 5.32 Å². The van der Waals surface area contributed by atoms with Crippen LogP contribution in [0.5, 0.6) is 0 Å². The van der Waals surface area contributed by atoms with E-state index >= 15 is 0 Å². The third-order valence-electron chi connectivity index (χ3n) is 2.27. The van der Waals surface area contributed by atoms with Crippen molar-refractivity contribution in [3.8, 4) is 0 Å². The summed E-state index contributed by atoms with van der Waals surface area (Å²) in [7, 11) is 0. The highest BCUT2D eigenvalue weighted by atomic mass is 16.4. The van der Waals surface area contributed by atoms with Gasteiger partial charge in [-0.25, -0.2) is 4.79 Å². The van der Waals surface area contributed by atoms with E-state index in [9.17, 15) is 14.4 Å². The number of rotatable bonds is 9. The van der Waals surface area contributed by atoms with Crippen molar-refractivity contribution >= 4 is 17.8 Å². The molecule has 0 radical (unpaired) electrons. The highest BCUT2D eigenvalue weighted by Crippen LogP contribution is 2.03. The van der Waals surface area contributed by atoms with Gasteiger partial charge in [0, 0.05) is 6.42 Å². The van der Waals surface area contributed by atoms with Crippen molar-refractivity contribution in [2.75, 3.05) is 0 Å². The minimum Gasteiger partial charge on any atom is -0.481 e. The van der Waals surface area contributed by atoms with E-state index in [0.29, 0.717) is 6.42 Å². The molecule has 17 heavy (non-hydrogen) atoms. The maximum Gasteiger partial charge on any atom is 0.326 e. The fourth-order valence-electron chi connectivity index (χ4n) is 1.35. The Morgan fingerprint density at radius 2 is 1.76 bits per heavy atom. The molecule has 0 saturated heterocycles. The maximum atomic E-state index is 11.3. The van der Waals surface area contributed by atoms with Gasteiger partial charge in [-0.3, -0.25) is 9.59 Å². The van der Waals surface area contributed by atoms with Gasteiger partial charge in [0.15, 0.2) is 0 Å². The van der Waals surface area contributed by atoms with E-state index in [1.807, 2.05) is 6.92 Å². The number of carbonyl (C=O) groups excluding carboxylic acids is 1. The summed E-state index contributed by atoms with van der Waals surface area (Å²) in [6.07, 6.45) is 3.34. The predicted molar refractivity (Wildman–Crippen MR) is 60.6 cm³/mol. The van der Waals surface area contributed by atoms with Crippen LogP contribution in [0.15, 0.2) is 0 Å². The summed E-state index contributed by atoms with van der Waals surface area (Å²) in [5, 5.41) is 19.4. The molecule has 0 spiro atoms. The lowest BCUT2D eigenvalue weighted by Gasteiger charge is -2.12. The first-order valence-electron chi connectivity index (χ1n) is 5.71. The Kier molecular flexibility index (Phi) is 7.75. The summed E-state index contributed by atoms with van der Waals surface area (Å²) in [6.45, 7) is 2.05. The predicted octanol–water partition coefficient (Wildman–Crippen LogP) is 1.00. The van der Waals surface area contributed by atoms with Crippen LogP contribution in [0.4, 0.5) is 0 Å². The van der Waals surface area contributed by atoms with E-state index in [0.717, 1.165) is 19.3 Å². The van der Waals surface area contributed by atoms with Crippen molar-refractivity contribution in [2.45, 2.75) is 51.5 Å². The van der Waals surface area contributed by atoms with Gasteiger partial charge in [0.05, 0.1) is 6.42 Å². The topological polar surface area (TPSA) is 104 Å². The van der Waals surface area contributed by atoms with Crippen LogP contribution in [0, 0.1) is 0 Å². The van der Waals surface area contributed by atoms with E-state index in [1.54, 1.807) is 0 Å². The van der Waals surface area contributed by atoms with Gasteiger partial charge < -0.3 is 15.5 Å². The van der Waals surface area contributed by atoms with Crippen LogP contribution in [0.1, 0.15) is 45.4 Å². The third-order valence-corrected chi connectivity index (χ3v) is 2.27. The lowest BCUT2D eigenvalue weighted by atomic mass is 10.1. The van der Waals surface area contributed by atoms with Crippen molar-refractivity contribution < 1.29 is 24.6 Å². The molecule has 0 aliphatic heterocycles. The number of carbonyl (C=O) groups is 3. The quantitative estimate of drug-likeness (QED) is 0.526. The zero-order valence-corrected chi connectivity index (χ0v) is 9.94. The van der Waals surface area contributed by atoms with Crippen LogP contribution in [0.2, 0.25) is 0 Å². The van der Waals surface area contributed by atoms with Gasteiger partial charge >= 0.3 is 11.9 Å². The Labute approximate surface area is 100 Å². The van der Waals surface area contributed by atoms with Gasteiger partial charge in [-0.05, 0) is 6.42 Å². The van der Waals surface area contributed by atoms with Gasteiger partial charge in [-0.1, -0.05) is 26.2 Å². The van der Waals surface area contributed by atoms with Crippen LogP contribution < -0.4 is 5.32 Å². The van der Waals surface area contributed by atoms with Gasteiger partial charge in [0.1, 0.15) is 6.04 Å². The number of amides is 1. The van der Waals surface area contributed by atoms with Gasteiger partial charge in [-0.2, -0.15) is 0 Å². The molecule has 1 unspecified atom stereocenters. The van der Waals surface area contributed by atoms with Crippen molar-refractivity contribution in [2.24, 2.45) is 0 Å². The second-order valence-electron chi connectivity index (χ2n) is 3.87. The molecular formula is C11H19NO5. The molecule has 0 aliphatic carbocycles. The van der Waals surface area contributed by atoms with Crippen LogP contribution in [-0.4, -0.2) is 34.1 Å². The summed E-state index contributed by atoms with van der Waals surface area (Å²) in [5.41, 5.74) is 0. The van der Waals surface area contributed by atoms with Gasteiger partial charge in [0.25, 0.3) is 0 Å². The van der Waals surface area contributed by atoms with Crippen LogP contribution in [-0.2, 0) is 14.4 Å². The van der Waals surface area contributed by atoms with Crippen molar-refractivity contribution in [3.63, 3.8) is 0 Å². The highest BCUT2D eigenvalue weighted by molar-refractivity contribution is 5.86. The van der Waals surface area contributed by atoms with E-state index in [-0.39, 0.29) is 6.42 Å². The van der Waals surface area contributed by atoms with Crippen molar-refractivity contribution in [1.29, 1.82) is 0 Å². The van der Waals surface area contributed by atoms with E-state index in [2.05, 4.69) is 5.32 Å². The Hall–Kier alpha value is -1.59. The zero-order valence-electron chi connectivity index (χ0n) is 9.94. The lowest BCUT2D eigenvalue weighted by Crippen LogP contribution is -2.42. The first kappa shape index (κ1) is 15.4. The lowest BCUT2D eigenvalue weighted by molar-refractivity contribution is -0.147. The van der Waals surface area contributed by atoms with E-state index in [4.69, 9.17) is 10.2 Å². The van der Waals surface area contributed by atoms with Crippen LogP contribution in [0.3, 0.4) is 0 Å². The molecule has 98 valence electrons. The molecule has 3 N–H and O–H groups in total. The molecule has 0 aromatic carbocycles. The Morgan fingerprint density at radius 3 is 2.24 bits per heavy atom. The summed E-state index contributed by atoms with van der Waals surface area (Å²) in [4.78, 5) is 32.4.